The normalized spacial score (nSPS) is 25.6. The van der Waals surface area contributed by atoms with Gasteiger partial charge in [0.1, 0.15) is 12.2 Å². The molecule has 2 amide bonds. The van der Waals surface area contributed by atoms with Gasteiger partial charge in [0, 0.05) is 24.9 Å². The molecule has 0 aliphatic carbocycles. The Kier molecular flexibility index (Phi) is 9.70. The molecule has 5 atom stereocenters. The lowest BCUT2D eigenvalue weighted by Crippen LogP contribution is -2.37. The van der Waals surface area contributed by atoms with E-state index in [0.29, 0.717) is 0 Å². The van der Waals surface area contributed by atoms with E-state index in [1.54, 1.807) is 13.8 Å². The van der Waals surface area contributed by atoms with Gasteiger partial charge in [-0.15, -0.1) is 0 Å². The Labute approximate surface area is 182 Å². The van der Waals surface area contributed by atoms with Crippen LogP contribution in [0.1, 0.15) is 47.0 Å². The molecule has 2 aliphatic rings. The van der Waals surface area contributed by atoms with Gasteiger partial charge >= 0.3 is 11.9 Å². The highest BCUT2D eigenvalue weighted by atomic mass is 16.7. The van der Waals surface area contributed by atoms with E-state index < -0.39 is 36.4 Å². The van der Waals surface area contributed by atoms with Crippen LogP contribution in [0.25, 0.3) is 0 Å². The highest BCUT2D eigenvalue weighted by molar-refractivity contribution is 5.79. The third-order valence-electron chi connectivity index (χ3n) is 5.37. The molecular weight excluding hydrogens is 408 g/mol. The number of esters is 2. The molecular formula is C21H34N2O8. The van der Waals surface area contributed by atoms with Crippen molar-refractivity contribution >= 4 is 23.8 Å². The molecule has 176 valence electrons. The minimum Gasteiger partial charge on any atom is -0.457 e. The monoisotopic (exact) mass is 442 g/mol. The van der Waals surface area contributed by atoms with Crippen molar-refractivity contribution in [2.75, 3.05) is 26.3 Å². The second kappa shape index (κ2) is 12.0. The van der Waals surface area contributed by atoms with E-state index in [0.717, 1.165) is 6.42 Å². The fraction of sp³-hybridized carbons (Fsp3) is 0.810. The molecule has 10 heteroatoms. The summed E-state index contributed by atoms with van der Waals surface area (Å²) in [6.45, 7) is 8.00. The van der Waals surface area contributed by atoms with Gasteiger partial charge < -0.3 is 29.6 Å². The van der Waals surface area contributed by atoms with Crippen LogP contribution in [0.5, 0.6) is 0 Å². The SMILES string of the molecule is CCC(C)C(=O)NCCC(=O)O[C@H]1CO[C@H]2[C@@H]1OC[C@@H]2OC(=O)CCNC(=O)C(C)C. The van der Waals surface area contributed by atoms with Crippen molar-refractivity contribution in [2.45, 2.75) is 71.4 Å². The molecule has 2 saturated heterocycles. The number of nitrogens with one attached hydrogen (secondary N) is 2. The van der Waals surface area contributed by atoms with Gasteiger partial charge in [0.15, 0.2) is 12.2 Å². The molecule has 0 spiro atoms. The van der Waals surface area contributed by atoms with Crippen LogP contribution < -0.4 is 10.6 Å². The number of hydrogen-bond donors (Lipinski definition) is 2. The summed E-state index contributed by atoms with van der Waals surface area (Å²) < 4.78 is 22.1. The zero-order chi connectivity index (χ0) is 23.0. The molecule has 31 heavy (non-hydrogen) atoms. The van der Waals surface area contributed by atoms with Crippen LogP contribution in [0.15, 0.2) is 0 Å². The first kappa shape index (κ1) is 25.1. The predicted molar refractivity (Wildman–Crippen MR) is 109 cm³/mol. The van der Waals surface area contributed by atoms with Crippen LogP contribution in [0.2, 0.25) is 0 Å². The first-order valence-corrected chi connectivity index (χ1v) is 10.9. The summed E-state index contributed by atoms with van der Waals surface area (Å²) in [6, 6.07) is 0. The van der Waals surface area contributed by atoms with Crippen molar-refractivity contribution in [3.8, 4) is 0 Å². The Morgan fingerprint density at radius 3 is 1.71 bits per heavy atom. The number of ether oxygens (including phenoxy) is 4. The Morgan fingerprint density at radius 2 is 1.29 bits per heavy atom. The summed E-state index contributed by atoms with van der Waals surface area (Å²) in [5.41, 5.74) is 0. The fourth-order valence-electron chi connectivity index (χ4n) is 3.23. The summed E-state index contributed by atoms with van der Waals surface area (Å²) >= 11 is 0. The van der Waals surface area contributed by atoms with Gasteiger partial charge in [0.25, 0.3) is 0 Å². The van der Waals surface area contributed by atoms with E-state index in [2.05, 4.69) is 10.6 Å². The maximum absolute atomic E-state index is 12.1. The third-order valence-corrected chi connectivity index (χ3v) is 5.37. The van der Waals surface area contributed by atoms with Crippen LogP contribution in [0, 0.1) is 11.8 Å². The summed E-state index contributed by atoms with van der Waals surface area (Å²) in [6.07, 6.45) is -1.35. The molecule has 0 aromatic carbocycles. The van der Waals surface area contributed by atoms with Gasteiger partial charge in [-0.05, 0) is 6.42 Å². The molecule has 10 nitrogen and oxygen atoms in total. The number of carbonyl (C=O) groups excluding carboxylic acids is 4. The van der Waals surface area contributed by atoms with E-state index in [9.17, 15) is 19.2 Å². The molecule has 2 heterocycles. The number of amides is 2. The van der Waals surface area contributed by atoms with Crippen molar-refractivity contribution in [1.82, 2.24) is 10.6 Å². The standard InChI is InChI=1S/C21H34N2O8/c1-5-13(4)21(27)23-9-7-17(25)31-15-11-29-18-14(10-28-19(15)18)30-16(24)6-8-22-20(26)12(2)3/h12-15,18-19H,5-11H2,1-4H3,(H,22,26)(H,23,27)/t13?,14-,15-,18+,19+/m0/s1. The van der Waals surface area contributed by atoms with Gasteiger partial charge in [-0.2, -0.15) is 0 Å². The van der Waals surface area contributed by atoms with Gasteiger partial charge in [-0.3, -0.25) is 19.2 Å². The Bertz CT molecular complexity index is 653. The van der Waals surface area contributed by atoms with Crippen LogP contribution in [-0.4, -0.2) is 74.5 Å². The van der Waals surface area contributed by atoms with Gasteiger partial charge in [0.05, 0.1) is 26.1 Å². The second-order valence-electron chi connectivity index (χ2n) is 8.20. The average Bonchev–Trinajstić information content (AvgIpc) is 3.30. The minimum atomic E-state index is -0.586. The van der Waals surface area contributed by atoms with E-state index >= 15 is 0 Å². The minimum absolute atomic E-state index is 0.0487. The average molecular weight is 443 g/mol. The van der Waals surface area contributed by atoms with Crippen LogP contribution >= 0.6 is 0 Å². The lowest BCUT2D eigenvalue weighted by Gasteiger charge is -2.17. The van der Waals surface area contributed by atoms with Crippen LogP contribution in [0.4, 0.5) is 0 Å². The maximum atomic E-state index is 12.1. The van der Waals surface area contributed by atoms with Gasteiger partial charge in [-0.25, -0.2) is 0 Å². The van der Waals surface area contributed by atoms with Crippen molar-refractivity contribution < 1.29 is 38.1 Å². The number of hydrogen-bond acceptors (Lipinski definition) is 8. The zero-order valence-corrected chi connectivity index (χ0v) is 18.7. The first-order chi connectivity index (χ1) is 14.7. The molecule has 2 fully saturated rings. The maximum Gasteiger partial charge on any atom is 0.308 e. The van der Waals surface area contributed by atoms with E-state index in [-0.39, 0.29) is 62.8 Å². The molecule has 0 aromatic rings. The molecule has 2 N–H and O–H groups in total. The van der Waals surface area contributed by atoms with E-state index in [1.165, 1.54) is 0 Å². The quantitative estimate of drug-likeness (QED) is 0.438. The second-order valence-corrected chi connectivity index (χ2v) is 8.20. The van der Waals surface area contributed by atoms with Crippen LogP contribution in [0.3, 0.4) is 0 Å². The van der Waals surface area contributed by atoms with Crippen molar-refractivity contribution in [3.63, 3.8) is 0 Å². The lowest BCUT2D eigenvalue weighted by atomic mass is 10.1. The molecule has 0 bridgehead atoms. The zero-order valence-electron chi connectivity index (χ0n) is 18.7. The molecule has 2 rings (SSSR count). The van der Waals surface area contributed by atoms with E-state index in [4.69, 9.17) is 18.9 Å². The largest absolute Gasteiger partial charge is 0.457 e. The van der Waals surface area contributed by atoms with Gasteiger partial charge in [-0.1, -0.05) is 27.7 Å². The summed E-state index contributed by atoms with van der Waals surface area (Å²) in [4.78, 5) is 47.4. The Hall–Kier alpha value is -2.20. The summed E-state index contributed by atoms with van der Waals surface area (Å²) in [7, 11) is 0. The Morgan fingerprint density at radius 1 is 0.839 bits per heavy atom. The highest BCUT2D eigenvalue weighted by Gasteiger charge is 2.51. The summed E-state index contributed by atoms with van der Waals surface area (Å²) in [5, 5.41) is 5.37. The number of carbonyl (C=O) groups is 4. The summed E-state index contributed by atoms with van der Waals surface area (Å²) in [5.74, 6) is -1.38. The predicted octanol–water partition coefficient (Wildman–Crippen LogP) is 0.322. The topological polar surface area (TPSA) is 129 Å². The lowest BCUT2D eigenvalue weighted by molar-refractivity contribution is -0.155. The molecule has 2 aliphatic heterocycles. The van der Waals surface area contributed by atoms with Crippen molar-refractivity contribution in [3.05, 3.63) is 0 Å². The molecule has 0 saturated carbocycles. The number of fused-ring (bicyclic) bond motifs is 1. The molecule has 1 unspecified atom stereocenters. The molecule has 0 aromatic heterocycles. The van der Waals surface area contributed by atoms with Crippen LogP contribution in [-0.2, 0) is 38.1 Å². The first-order valence-electron chi connectivity index (χ1n) is 10.9. The smallest absolute Gasteiger partial charge is 0.308 e. The van der Waals surface area contributed by atoms with E-state index in [1.807, 2.05) is 13.8 Å². The van der Waals surface area contributed by atoms with Gasteiger partial charge in [0.2, 0.25) is 11.8 Å². The third kappa shape index (κ3) is 7.46. The highest BCUT2D eigenvalue weighted by Crippen LogP contribution is 2.30. The van der Waals surface area contributed by atoms with Crippen molar-refractivity contribution in [2.24, 2.45) is 11.8 Å². The number of rotatable bonds is 11. The Balaban J connectivity index is 1.69. The fourth-order valence-corrected chi connectivity index (χ4v) is 3.23. The van der Waals surface area contributed by atoms with Crippen molar-refractivity contribution in [1.29, 1.82) is 0 Å². The molecule has 0 radical (unpaired) electrons.